The highest BCUT2D eigenvalue weighted by atomic mass is 32.2. The first-order valence-corrected chi connectivity index (χ1v) is 10.8. The number of hydrogen-bond acceptors (Lipinski definition) is 6. The Balaban J connectivity index is 1.37. The summed E-state index contributed by atoms with van der Waals surface area (Å²) in [5, 5.41) is 15.9. The molecule has 3 atom stereocenters. The Hall–Kier alpha value is -1.41. The van der Waals surface area contributed by atoms with Crippen molar-refractivity contribution in [1.29, 1.82) is 0 Å². The molecule has 0 radical (unpaired) electrons. The van der Waals surface area contributed by atoms with Gasteiger partial charge in [0, 0.05) is 31.3 Å². The second kappa shape index (κ2) is 8.31. The van der Waals surface area contributed by atoms with Crippen molar-refractivity contribution < 1.29 is 9.84 Å². The molecule has 1 saturated carbocycles. The molecule has 2 heterocycles. The van der Waals surface area contributed by atoms with Crippen molar-refractivity contribution in [2.24, 2.45) is 0 Å². The van der Waals surface area contributed by atoms with Crippen LogP contribution in [-0.2, 0) is 4.74 Å². The average Bonchev–Trinajstić information content (AvgIpc) is 3.39. The van der Waals surface area contributed by atoms with E-state index in [1.807, 2.05) is 22.9 Å². The molecule has 6 nitrogen and oxygen atoms in total. The second-order valence-electron chi connectivity index (χ2n) is 7.71. The van der Waals surface area contributed by atoms with Gasteiger partial charge in [-0.25, -0.2) is 9.67 Å². The monoisotopic (exact) mass is 388 g/mol. The molecule has 27 heavy (non-hydrogen) atoms. The zero-order valence-corrected chi connectivity index (χ0v) is 16.8. The topological polar surface area (TPSA) is 63.4 Å². The van der Waals surface area contributed by atoms with E-state index in [1.165, 1.54) is 12.8 Å². The Bertz CT molecular complexity index is 740. The molecule has 0 bridgehead atoms. The van der Waals surface area contributed by atoms with Crippen LogP contribution >= 0.6 is 11.8 Å². The fourth-order valence-electron chi connectivity index (χ4n) is 3.69. The van der Waals surface area contributed by atoms with Crippen LogP contribution in [0.25, 0.3) is 5.69 Å². The number of rotatable bonds is 7. The molecular weight excluding hydrogens is 360 g/mol. The summed E-state index contributed by atoms with van der Waals surface area (Å²) in [4.78, 5) is 7.05. The molecule has 1 aromatic heterocycles. The van der Waals surface area contributed by atoms with E-state index in [9.17, 15) is 5.11 Å². The number of hydrogen-bond donors (Lipinski definition) is 1. The van der Waals surface area contributed by atoms with Crippen molar-refractivity contribution in [3.8, 4) is 5.69 Å². The van der Waals surface area contributed by atoms with E-state index in [-0.39, 0.29) is 12.2 Å². The van der Waals surface area contributed by atoms with Gasteiger partial charge in [-0.1, -0.05) is 30.0 Å². The summed E-state index contributed by atoms with van der Waals surface area (Å²) in [5.74, 6) is 2.17. The minimum absolute atomic E-state index is 0.220. The third-order valence-corrected chi connectivity index (χ3v) is 5.91. The molecule has 1 aliphatic heterocycles. The quantitative estimate of drug-likeness (QED) is 0.736. The van der Waals surface area contributed by atoms with Gasteiger partial charge in [-0.2, -0.15) is 0 Å². The van der Waals surface area contributed by atoms with Crippen LogP contribution in [0.3, 0.4) is 0 Å². The summed E-state index contributed by atoms with van der Waals surface area (Å²) in [6, 6.07) is 10.2. The van der Waals surface area contributed by atoms with Gasteiger partial charge in [-0.15, -0.1) is 5.10 Å². The molecule has 146 valence electrons. The van der Waals surface area contributed by atoms with E-state index < -0.39 is 6.10 Å². The lowest BCUT2D eigenvalue weighted by Crippen LogP contribution is -2.48. The van der Waals surface area contributed by atoms with Gasteiger partial charge in [-0.3, -0.25) is 4.90 Å². The first-order valence-electron chi connectivity index (χ1n) is 9.79. The first-order chi connectivity index (χ1) is 13.1. The van der Waals surface area contributed by atoms with Crippen LogP contribution in [0.1, 0.15) is 38.4 Å². The summed E-state index contributed by atoms with van der Waals surface area (Å²) in [6.45, 7) is 6.59. The maximum absolute atomic E-state index is 10.5. The molecule has 2 aliphatic rings. The molecule has 2 aromatic rings. The Labute approximate surface area is 164 Å². The van der Waals surface area contributed by atoms with E-state index >= 15 is 0 Å². The van der Waals surface area contributed by atoms with Crippen molar-refractivity contribution in [1.82, 2.24) is 19.7 Å². The third kappa shape index (κ3) is 4.90. The smallest absolute Gasteiger partial charge is 0.209 e. The minimum atomic E-state index is -0.402. The summed E-state index contributed by atoms with van der Waals surface area (Å²) >= 11 is 1.54. The Morgan fingerprint density at radius 2 is 1.89 bits per heavy atom. The van der Waals surface area contributed by atoms with Crippen LogP contribution in [0.5, 0.6) is 0 Å². The number of morpholine rings is 1. The van der Waals surface area contributed by atoms with Gasteiger partial charge in [0.25, 0.3) is 0 Å². The fourth-order valence-corrected chi connectivity index (χ4v) is 4.43. The Morgan fingerprint density at radius 3 is 2.56 bits per heavy atom. The first kappa shape index (κ1) is 18.9. The Morgan fingerprint density at radius 1 is 1.19 bits per heavy atom. The number of thioether (sulfide) groups is 1. The number of ether oxygens (including phenoxy) is 1. The van der Waals surface area contributed by atoms with E-state index in [0.717, 1.165) is 29.8 Å². The molecule has 1 aliphatic carbocycles. The third-order valence-electron chi connectivity index (χ3n) is 4.93. The van der Waals surface area contributed by atoms with E-state index in [0.29, 0.717) is 18.2 Å². The number of nitrogens with zero attached hydrogens (tertiary/aromatic N) is 4. The molecule has 0 spiro atoms. The van der Waals surface area contributed by atoms with Crippen LogP contribution in [0.15, 0.2) is 35.5 Å². The van der Waals surface area contributed by atoms with Gasteiger partial charge >= 0.3 is 0 Å². The molecule has 7 heteroatoms. The standard InChI is InChI=1S/C20H28N4O2S/c1-14-10-23(11-15(2)26-14)12-18(25)13-27-20-21-19(16-8-9-16)24(22-20)17-6-4-3-5-7-17/h3-7,14-16,18,25H,8-13H2,1-2H3. The maximum atomic E-state index is 10.5. The number of aliphatic hydroxyl groups excluding tert-OH is 1. The average molecular weight is 389 g/mol. The SMILES string of the molecule is CC1CN(CC(O)CSc2nc(C3CC3)n(-c3ccccc3)n2)CC(C)O1. The lowest BCUT2D eigenvalue weighted by Gasteiger charge is -2.36. The van der Waals surface area contributed by atoms with Crippen LogP contribution in [0.2, 0.25) is 0 Å². The molecule has 1 N–H and O–H groups in total. The van der Waals surface area contributed by atoms with Crippen molar-refractivity contribution in [3.05, 3.63) is 36.2 Å². The largest absolute Gasteiger partial charge is 0.391 e. The summed E-state index contributed by atoms with van der Waals surface area (Å²) in [7, 11) is 0. The van der Waals surface area contributed by atoms with Crippen LogP contribution in [0.4, 0.5) is 0 Å². The van der Waals surface area contributed by atoms with E-state index in [2.05, 4.69) is 30.9 Å². The van der Waals surface area contributed by atoms with Gasteiger partial charge in [0.2, 0.25) is 5.16 Å². The van der Waals surface area contributed by atoms with Crippen molar-refractivity contribution in [3.63, 3.8) is 0 Å². The zero-order chi connectivity index (χ0) is 18.8. The highest BCUT2D eigenvalue weighted by Crippen LogP contribution is 2.40. The van der Waals surface area contributed by atoms with Gasteiger partial charge in [0.05, 0.1) is 24.0 Å². The van der Waals surface area contributed by atoms with Crippen molar-refractivity contribution in [2.45, 2.75) is 56.1 Å². The predicted octanol–water partition coefficient (Wildman–Crippen LogP) is 2.71. The molecule has 0 amide bonds. The number of para-hydroxylation sites is 1. The number of aliphatic hydroxyl groups is 1. The normalized spacial score (nSPS) is 24.9. The second-order valence-corrected chi connectivity index (χ2v) is 8.70. The summed E-state index contributed by atoms with van der Waals surface area (Å²) in [6.07, 6.45) is 2.41. The fraction of sp³-hybridized carbons (Fsp3) is 0.600. The van der Waals surface area contributed by atoms with Crippen LogP contribution in [0, 0.1) is 0 Å². The number of aromatic nitrogens is 3. The minimum Gasteiger partial charge on any atom is -0.391 e. The number of benzene rings is 1. The molecule has 1 aromatic carbocycles. The predicted molar refractivity (Wildman–Crippen MR) is 107 cm³/mol. The Kier molecular flexibility index (Phi) is 5.82. The lowest BCUT2D eigenvalue weighted by molar-refractivity contribution is -0.0750. The zero-order valence-electron chi connectivity index (χ0n) is 16.0. The van der Waals surface area contributed by atoms with Crippen molar-refractivity contribution >= 4 is 11.8 Å². The molecule has 4 rings (SSSR count). The molecule has 1 saturated heterocycles. The molecule has 2 fully saturated rings. The van der Waals surface area contributed by atoms with Crippen LogP contribution < -0.4 is 0 Å². The van der Waals surface area contributed by atoms with Crippen LogP contribution in [-0.4, -0.2) is 68.5 Å². The molecular formula is C20H28N4O2S. The summed E-state index contributed by atoms with van der Waals surface area (Å²) in [5.41, 5.74) is 1.05. The molecule has 3 unspecified atom stereocenters. The van der Waals surface area contributed by atoms with Gasteiger partial charge < -0.3 is 9.84 Å². The van der Waals surface area contributed by atoms with Gasteiger partial charge in [0.15, 0.2) is 0 Å². The van der Waals surface area contributed by atoms with E-state index in [4.69, 9.17) is 14.8 Å². The summed E-state index contributed by atoms with van der Waals surface area (Å²) < 4.78 is 7.73. The lowest BCUT2D eigenvalue weighted by atomic mass is 10.2. The van der Waals surface area contributed by atoms with E-state index in [1.54, 1.807) is 11.8 Å². The highest BCUT2D eigenvalue weighted by Gasteiger charge is 2.30. The number of β-amino-alcohol motifs (C(OH)–C–C–N with tert-alkyl or cyclic N) is 1. The maximum Gasteiger partial charge on any atom is 0.209 e. The van der Waals surface area contributed by atoms with Gasteiger partial charge in [-0.05, 0) is 38.8 Å². The highest BCUT2D eigenvalue weighted by molar-refractivity contribution is 7.99. The van der Waals surface area contributed by atoms with Gasteiger partial charge in [0.1, 0.15) is 5.82 Å². The van der Waals surface area contributed by atoms with Crippen molar-refractivity contribution in [2.75, 3.05) is 25.4 Å².